The number of rotatable bonds is 3. The Hall–Kier alpha value is -2.75. The number of phenolic OH excluding ortho intramolecular Hbond substituents is 1. The standard InChI is InChI=1S/C16H14N2O2/c1-17-12-3-6-14(7-4-12)20-16-15-10-13(19)5-2-11(15)8-9-18-16/h2-10,17,19H,1H3. The summed E-state index contributed by atoms with van der Waals surface area (Å²) in [7, 11) is 1.87. The summed E-state index contributed by atoms with van der Waals surface area (Å²) in [5, 5.41) is 14.4. The van der Waals surface area contributed by atoms with Gasteiger partial charge in [-0.2, -0.15) is 0 Å². The molecule has 0 aliphatic rings. The zero-order valence-electron chi connectivity index (χ0n) is 11.0. The molecule has 1 aromatic heterocycles. The lowest BCUT2D eigenvalue weighted by molar-refractivity contribution is 0.465. The molecule has 0 bridgehead atoms. The van der Waals surface area contributed by atoms with Gasteiger partial charge in [0.05, 0.1) is 0 Å². The number of phenols is 1. The van der Waals surface area contributed by atoms with E-state index in [0.717, 1.165) is 16.5 Å². The maximum Gasteiger partial charge on any atom is 0.227 e. The molecule has 3 aromatic rings. The smallest absolute Gasteiger partial charge is 0.227 e. The second-order valence-corrected chi connectivity index (χ2v) is 4.40. The SMILES string of the molecule is CNc1ccc(Oc2nccc3ccc(O)cc23)cc1. The minimum Gasteiger partial charge on any atom is -0.508 e. The Balaban J connectivity index is 1.99. The Kier molecular flexibility index (Phi) is 3.13. The maximum absolute atomic E-state index is 9.60. The third kappa shape index (κ3) is 2.36. The highest BCUT2D eigenvalue weighted by Gasteiger charge is 2.06. The number of anilines is 1. The Morgan fingerprint density at radius 2 is 1.85 bits per heavy atom. The van der Waals surface area contributed by atoms with E-state index < -0.39 is 0 Å². The summed E-state index contributed by atoms with van der Waals surface area (Å²) in [5.41, 5.74) is 1.01. The highest BCUT2D eigenvalue weighted by molar-refractivity contribution is 5.88. The highest BCUT2D eigenvalue weighted by Crippen LogP contribution is 2.30. The predicted octanol–water partition coefficient (Wildman–Crippen LogP) is 3.77. The van der Waals surface area contributed by atoms with Crippen molar-refractivity contribution in [3.8, 4) is 17.4 Å². The van der Waals surface area contributed by atoms with Crippen molar-refractivity contribution in [3.63, 3.8) is 0 Å². The van der Waals surface area contributed by atoms with E-state index in [0.29, 0.717) is 11.6 Å². The molecule has 4 heteroatoms. The number of ether oxygens (including phenoxy) is 1. The van der Waals surface area contributed by atoms with Gasteiger partial charge in [-0.3, -0.25) is 0 Å². The number of aromatic hydroxyl groups is 1. The molecule has 0 radical (unpaired) electrons. The van der Waals surface area contributed by atoms with Gasteiger partial charge in [0.15, 0.2) is 0 Å². The van der Waals surface area contributed by atoms with Crippen molar-refractivity contribution in [2.24, 2.45) is 0 Å². The summed E-state index contributed by atoms with van der Waals surface area (Å²) in [5.74, 6) is 1.38. The van der Waals surface area contributed by atoms with E-state index in [-0.39, 0.29) is 5.75 Å². The van der Waals surface area contributed by atoms with E-state index in [9.17, 15) is 5.11 Å². The Bertz CT molecular complexity index is 739. The fourth-order valence-corrected chi connectivity index (χ4v) is 2.01. The number of nitrogens with zero attached hydrogens (tertiary/aromatic N) is 1. The molecular formula is C16H14N2O2. The van der Waals surface area contributed by atoms with Crippen molar-refractivity contribution in [1.29, 1.82) is 0 Å². The van der Waals surface area contributed by atoms with Crippen LogP contribution in [0.2, 0.25) is 0 Å². The molecule has 4 nitrogen and oxygen atoms in total. The molecular weight excluding hydrogens is 252 g/mol. The van der Waals surface area contributed by atoms with Crippen molar-refractivity contribution in [2.75, 3.05) is 12.4 Å². The molecule has 0 saturated carbocycles. The van der Waals surface area contributed by atoms with E-state index in [4.69, 9.17) is 4.74 Å². The van der Waals surface area contributed by atoms with Crippen molar-refractivity contribution in [3.05, 3.63) is 54.7 Å². The van der Waals surface area contributed by atoms with Crippen LogP contribution in [0.25, 0.3) is 10.8 Å². The van der Waals surface area contributed by atoms with Gasteiger partial charge in [0.25, 0.3) is 0 Å². The third-order valence-electron chi connectivity index (χ3n) is 3.07. The van der Waals surface area contributed by atoms with E-state index in [1.807, 2.05) is 43.4 Å². The maximum atomic E-state index is 9.60. The molecule has 0 saturated heterocycles. The number of pyridine rings is 1. The number of hydrogen-bond donors (Lipinski definition) is 2. The molecule has 0 amide bonds. The van der Waals surface area contributed by atoms with Gasteiger partial charge >= 0.3 is 0 Å². The monoisotopic (exact) mass is 266 g/mol. The molecule has 3 rings (SSSR count). The zero-order valence-corrected chi connectivity index (χ0v) is 11.0. The number of fused-ring (bicyclic) bond motifs is 1. The molecule has 1 heterocycles. The second-order valence-electron chi connectivity index (χ2n) is 4.40. The average Bonchev–Trinajstić information content (AvgIpc) is 2.49. The molecule has 0 aliphatic heterocycles. The zero-order chi connectivity index (χ0) is 13.9. The van der Waals surface area contributed by atoms with Crippen LogP contribution in [-0.4, -0.2) is 17.1 Å². The van der Waals surface area contributed by atoms with Crippen LogP contribution in [0, 0.1) is 0 Å². The quantitative estimate of drug-likeness (QED) is 0.757. The van der Waals surface area contributed by atoms with Crippen LogP contribution in [0.4, 0.5) is 5.69 Å². The molecule has 20 heavy (non-hydrogen) atoms. The van der Waals surface area contributed by atoms with Crippen molar-refractivity contribution in [1.82, 2.24) is 4.98 Å². The van der Waals surface area contributed by atoms with Crippen molar-refractivity contribution in [2.45, 2.75) is 0 Å². The number of benzene rings is 2. The molecule has 0 atom stereocenters. The number of nitrogens with one attached hydrogen (secondary N) is 1. The van der Waals surface area contributed by atoms with Gasteiger partial charge in [0.1, 0.15) is 11.5 Å². The van der Waals surface area contributed by atoms with Gasteiger partial charge < -0.3 is 15.2 Å². The third-order valence-corrected chi connectivity index (χ3v) is 3.07. The van der Waals surface area contributed by atoms with Crippen LogP contribution in [0.3, 0.4) is 0 Å². The molecule has 0 fully saturated rings. The Morgan fingerprint density at radius 3 is 2.60 bits per heavy atom. The summed E-state index contributed by atoms with van der Waals surface area (Å²) >= 11 is 0. The fourth-order valence-electron chi connectivity index (χ4n) is 2.01. The number of hydrogen-bond acceptors (Lipinski definition) is 4. The normalized spacial score (nSPS) is 10.4. The highest BCUT2D eigenvalue weighted by atomic mass is 16.5. The van der Waals surface area contributed by atoms with E-state index in [1.54, 1.807) is 18.3 Å². The second kappa shape index (κ2) is 5.09. The Labute approximate surface area is 116 Å². The predicted molar refractivity (Wildman–Crippen MR) is 79.5 cm³/mol. The van der Waals surface area contributed by atoms with Crippen LogP contribution in [0.15, 0.2) is 54.7 Å². The lowest BCUT2D eigenvalue weighted by Crippen LogP contribution is -1.91. The molecule has 2 N–H and O–H groups in total. The minimum atomic E-state index is 0.195. The topological polar surface area (TPSA) is 54.4 Å². The minimum absolute atomic E-state index is 0.195. The summed E-state index contributed by atoms with van der Waals surface area (Å²) in [4.78, 5) is 4.24. The van der Waals surface area contributed by atoms with Crippen molar-refractivity contribution >= 4 is 16.5 Å². The lowest BCUT2D eigenvalue weighted by Gasteiger charge is -2.08. The lowest BCUT2D eigenvalue weighted by atomic mass is 10.1. The summed E-state index contributed by atoms with van der Waals surface area (Å²) in [6.45, 7) is 0. The summed E-state index contributed by atoms with van der Waals surface area (Å²) in [6, 6.07) is 14.6. The first-order valence-corrected chi connectivity index (χ1v) is 6.30. The Morgan fingerprint density at radius 1 is 1.05 bits per heavy atom. The van der Waals surface area contributed by atoms with Gasteiger partial charge in [-0.1, -0.05) is 6.07 Å². The van der Waals surface area contributed by atoms with Gasteiger partial charge in [0, 0.05) is 24.3 Å². The molecule has 0 unspecified atom stereocenters. The van der Waals surface area contributed by atoms with Crippen molar-refractivity contribution < 1.29 is 9.84 Å². The van der Waals surface area contributed by atoms with Crippen LogP contribution in [-0.2, 0) is 0 Å². The summed E-state index contributed by atoms with van der Waals surface area (Å²) < 4.78 is 5.80. The van der Waals surface area contributed by atoms with E-state index >= 15 is 0 Å². The van der Waals surface area contributed by atoms with Crippen LogP contribution >= 0.6 is 0 Å². The summed E-state index contributed by atoms with van der Waals surface area (Å²) in [6.07, 6.45) is 1.69. The van der Waals surface area contributed by atoms with Crippen LogP contribution < -0.4 is 10.1 Å². The van der Waals surface area contributed by atoms with Crippen LogP contribution in [0.5, 0.6) is 17.4 Å². The molecule has 0 spiro atoms. The van der Waals surface area contributed by atoms with Gasteiger partial charge in [-0.15, -0.1) is 0 Å². The van der Waals surface area contributed by atoms with Gasteiger partial charge in [-0.25, -0.2) is 4.98 Å². The number of aromatic nitrogens is 1. The first-order valence-electron chi connectivity index (χ1n) is 6.30. The average molecular weight is 266 g/mol. The van der Waals surface area contributed by atoms with Gasteiger partial charge in [-0.05, 0) is 47.9 Å². The fraction of sp³-hybridized carbons (Fsp3) is 0.0625. The molecule has 100 valence electrons. The van der Waals surface area contributed by atoms with E-state index in [1.165, 1.54) is 0 Å². The first kappa shape index (κ1) is 12.3. The molecule has 2 aromatic carbocycles. The van der Waals surface area contributed by atoms with Gasteiger partial charge in [0.2, 0.25) is 5.88 Å². The first-order chi connectivity index (χ1) is 9.76. The largest absolute Gasteiger partial charge is 0.508 e. The van der Waals surface area contributed by atoms with E-state index in [2.05, 4.69) is 10.3 Å². The molecule has 0 aliphatic carbocycles. The van der Waals surface area contributed by atoms with Crippen LogP contribution in [0.1, 0.15) is 0 Å².